The number of anilines is 1. The number of hydrogen-bond acceptors (Lipinski definition) is 5. The van der Waals surface area contributed by atoms with Crippen LogP contribution >= 0.6 is 0 Å². The third kappa shape index (κ3) is 3.47. The van der Waals surface area contributed by atoms with Gasteiger partial charge in [-0.2, -0.15) is 0 Å². The molecule has 0 N–H and O–H groups in total. The van der Waals surface area contributed by atoms with Crippen LogP contribution in [0.1, 0.15) is 34.9 Å². The second-order valence-electron chi connectivity index (χ2n) is 5.96. The number of hydrogen-bond donors (Lipinski definition) is 0. The Morgan fingerprint density at radius 3 is 2.48 bits per heavy atom. The number of piperidine rings is 1. The van der Waals surface area contributed by atoms with Gasteiger partial charge in [0.25, 0.3) is 5.91 Å². The molecule has 2 aromatic heterocycles. The summed E-state index contributed by atoms with van der Waals surface area (Å²) in [5.41, 5.74) is 1.52. The van der Waals surface area contributed by atoms with E-state index in [1.807, 2.05) is 18.2 Å². The van der Waals surface area contributed by atoms with E-state index in [1.54, 1.807) is 37.5 Å². The van der Waals surface area contributed by atoms with Crippen LogP contribution in [0.25, 0.3) is 0 Å². The van der Waals surface area contributed by atoms with Gasteiger partial charge in [-0.15, -0.1) is 0 Å². The van der Waals surface area contributed by atoms with Gasteiger partial charge in [-0.05, 0) is 31.0 Å². The fourth-order valence-corrected chi connectivity index (χ4v) is 2.86. The fourth-order valence-electron chi connectivity index (χ4n) is 2.86. The largest absolute Gasteiger partial charge is 0.343 e. The number of aromatic nitrogens is 3. The summed E-state index contributed by atoms with van der Waals surface area (Å²) in [6.07, 6.45) is 5.52. The first kappa shape index (κ1) is 15.4. The molecule has 0 saturated carbocycles. The monoisotopic (exact) mass is 311 g/mol. The Balaban J connectivity index is 1.68. The van der Waals surface area contributed by atoms with E-state index in [2.05, 4.69) is 19.9 Å². The first-order chi connectivity index (χ1) is 11.1. The highest BCUT2D eigenvalue weighted by molar-refractivity contribution is 5.91. The van der Waals surface area contributed by atoms with Crippen molar-refractivity contribution in [1.29, 1.82) is 0 Å². The van der Waals surface area contributed by atoms with Gasteiger partial charge in [-0.25, -0.2) is 15.0 Å². The van der Waals surface area contributed by atoms with Gasteiger partial charge < -0.3 is 9.80 Å². The van der Waals surface area contributed by atoms with E-state index in [4.69, 9.17) is 0 Å². The average Bonchev–Trinajstić information content (AvgIpc) is 2.62. The standard InChI is InChI=1S/C17H21N5O/c1-21(2)16(23)15-6-3-5-14(20-15)13-7-11-22(12-8-13)17-18-9-4-10-19-17/h3-6,9-10,13H,7-8,11-12H2,1-2H3. The molecule has 3 heterocycles. The lowest BCUT2D eigenvalue weighted by Crippen LogP contribution is -2.34. The molecular formula is C17H21N5O. The topological polar surface area (TPSA) is 62.2 Å². The van der Waals surface area contributed by atoms with E-state index in [0.717, 1.165) is 37.6 Å². The highest BCUT2D eigenvalue weighted by atomic mass is 16.2. The molecule has 1 aliphatic heterocycles. The van der Waals surface area contributed by atoms with Crippen molar-refractivity contribution in [1.82, 2.24) is 19.9 Å². The maximum Gasteiger partial charge on any atom is 0.271 e. The van der Waals surface area contributed by atoms with Crippen LogP contribution in [0.5, 0.6) is 0 Å². The van der Waals surface area contributed by atoms with Crippen molar-refractivity contribution in [3.8, 4) is 0 Å². The molecule has 0 unspecified atom stereocenters. The minimum Gasteiger partial charge on any atom is -0.343 e. The second kappa shape index (κ2) is 6.73. The quantitative estimate of drug-likeness (QED) is 0.867. The Kier molecular flexibility index (Phi) is 4.50. The summed E-state index contributed by atoms with van der Waals surface area (Å²) in [5.74, 6) is 1.11. The summed E-state index contributed by atoms with van der Waals surface area (Å²) < 4.78 is 0. The Hall–Kier alpha value is -2.50. The lowest BCUT2D eigenvalue weighted by molar-refractivity contribution is 0.0821. The first-order valence-corrected chi connectivity index (χ1v) is 7.85. The van der Waals surface area contributed by atoms with E-state index >= 15 is 0 Å². The zero-order valence-corrected chi connectivity index (χ0v) is 13.5. The van der Waals surface area contributed by atoms with Crippen LogP contribution in [0.3, 0.4) is 0 Å². The highest BCUT2D eigenvalue weighted by Crippen LogP contribution is 2.28. The molecule has 6 nitrogen and oxygen atoms in total. The SMILES string of the molecule is CN(C)C(=O)c1cccc(C2CCN(c3ncccn3)CC2)n1. The van der Waals surface area contributed by atoms with Crippen molar-refractivity contribution >= 4 is 11.9 Å². The fraction of sp³-hybridized carbons (Fsp3) is 0.412. The van der Waals surface area contributed by atoms with Crippen LogP contribution in [-0.4, -0.2) is 52.9 Å². The molecule has 1 fully saturated rings. The lowest BCUT2D eigenvalue weighted by Gasteiger charge is -2.31. The highest BCUT2D eigenvalue weighted by Gasteiger charge is 2.23. The lowest BCUT2D eigenvalue weighted by atomic mass is 9.93. The molecule has 0 aliphatic carbocycles. The van der Waals surface area contributed by atoms with Crippen molar-refractivity contribution < 1.29 is 4.79 Å². The van der Waals surface area contributed by atoms with Crippen LogP contribution in [0.2, 0.25) is 0 Å². The van der Waals surface area contributed by atoms with Gasteiger partial charge in [-0.1, -0.05) is 6.07 Å². The van der Waals surface area contributed by atoms with E-state index in [-0.39, 0.29) is 5.91 Å². The van der Waals surface area contributed by atoms with Crippen LogP contribution in [0.15, 0.2) is 36.7 Å². The van der Waals surface area contributed by atoms with Crippen molar-refractivity contribution in [2.24, 2.45) is 0 Å². The Morgan fingerprint density at radius 2 is 1.83 bits per heavy atom. The molecule has 0 radical (unpaired) electrons. The zero-order valence-electron chi connectivity index (χ0n) is 13.5. The summed E-state index contributed by atoms with van der Waals surface area (Å²) >= 11 is 0. The number of rotatable bonds is 3. The summed E-state index contributed by atoms with van der Waals surface area (Å²) in [4.78, 5) is 29.0. The molecule has 0 spiro atoms. The van der Waals surface area contributed by atoms with E-state index < -0.39 is 0 Å². The molecule has 1 saturated heterocycles. The van der Waals surface area contributed by atoms with E-state index in [9.17, 15) is 4.79 Å². The molecule has 6 heteroatoms. The zero-order chi connectivity index (χ0) is 16.2. The molecular weight excluding hydrogens is 290 g/mol. The Morgan fingerprint density at radius 1 is 1.13 bits per heavy atom. The van der Waals surface area contributed by atoms with Gasteiger partial charge in [0.2, 0.25) is 5.95 Å². The van der Waals surface area contributed by atoms with Crippen LogP contribution < -0.4 is 4.90 Å². The molecule has 2 aromatic rings. The molecule has 0 atom stereocenters. The summed E-state index contributed by atoms with van der Waals surface area (Å²) in [5, 5.41) is 0. The van der Waals surface area contributed by atoms with Crippen molar-refractivity contribution in [2.45, 2.75) is 18.8 Å². The van der Waals surface area contributed by atoms with Crippen molar-refractivity contribution in [3.05, 3.63) is 48.0 Å². The number of carbonyl (C=O) groups excluding carboxylic acids is 1. The normalized spacial score (nSPS) is 15.5. The predicted octanol–water partition coefficient (Wildman–Crippen LogP) is 1.96. The van der Waals surface area contributed by atoms with Crippen molar-refractivity contribution in [3.63, 3.8) is 0 Å². The van der Waals surface area contributed by atoms with Gasteiger partial charge in [0, 0.05) is 51.2 Å². The molecule has 23 heavy (non-hydrogen) atoms. The first-order valence-electron chi connectivity index (χ1n) is 7.85. The number of amides is 1. The van der Waals surface area contributed by atoms with Gasteiger partial charge in [0.05, 0.1) is 0 Å². The number of nitrogens with zero attached hydrogens (tertiary/aromatic N) is 5. The Bertz CT molecular complexity index is 666. The van der Waals surface area contributed by atoms with Gasteiger partial charge in [0.15, 0.2) is 0 Å². The number of pyridine rings is 1. The maximum absolute atomic E-state index is 12.1. The van der Waals surface area contributed by atoms with E-state index in [1.165, 1.54) is 0 Å². The average molecular weight is 311 g/mol. The van der Waals surface area contributed by atoms with Crippen molar-refractivity contribution in [2.75, 3.05) is 32.1 Å². The minimum absolute atomic E-state index is 0.0537. The van der Waals surface area contributed by atoms with E-state index in [0.29, 0.717) is 11.6 Å². The van der Waals surface area contributed by atoms with Crippen LogP contribution in [-0.2, 0) is 0 Å². The smallest absolute Gasteiger partial charge is 0.271 e. The number of carbonyl (C=O) groups is 1. The van der Waals surface area contributed by atoms with Gasteiger partial charge >= 0.3 is 0 Å². The molecule has 1 amide bonds. The van der Waals surface area contributed by atoms with Gasteiger partial charge in [0.1, 0.15) is 5.69 Å². The predicted molar refractivity (Wildman–Crippen MR) is 88.5 cm³/mol. The molecule has 120 valence electrons. The Labute approximate surface area is 136 Å². The van der Waals surface area contributed by atoms with Gasteiger partial charge in [-0.3, -0.25) is 4.79 Å². The summed E-state index contributed by atoms with van der Waals surface area (Å²) in [6, 6.07) is 7.55. The summed E-state index contributed by atoms with van der Waals surface area (Å²) in [7, 11) is 3.49. The third-order valence-electron chi connectivity index (χ3n) is 4.14. The molecule has 1 aliphatic rings. The second-order valence-corrected chi connectivity index (χ2v) is 5.96. The maximum atomic E-state index is 12.1. The molecule has 0 aromatic carbocycles. The molecule has 0 bridgehead atoms. The minimum atomic E-state index is -0.0537. The summed E-state index contributed by atoms with van der Waals surface area (Å²) in [6.45, 7) is 1.81. The third-order valence-corrected chi connectivity index (χ3v) is 4.14. The molecule has 3 rings (SSSR count). The van der Waals surface area contributed by atoms with Crippen LogP contribution in [0.4, 0.5) is 5.95 Å². The van der Waals surface area contributed by atoms with Crippen LogP contribution in [0, 0.1) is 0 Å².